The van der Waals surface area contributed by atoms with Gasteiger partial charge < -0.3 is 42.7 Å². The van der Waals surface area contributed by atoms with Gasteiger partial charge in [-0.25, -0.2) is 4.79 Å². The van der Waals surface area contributed by atoms with Gasteiger partial charge in [-0.2, -0.15) is 0 Å². The van der Waals surface area contributed by atoms with Crippen LogP contribution in [0.4, 0.5) is 0 Å². The molecule has 0 aliphatic heterocycles. The van der Waals surface area contributed by atoms with Crippen molar-refractivity contribution in [1.82, 2.24) is 16.0 Å². The van der Waals surface area contributed by atoms with Crippen LogP contribution in [0.25, 0.3) is 0 Å². The van der Waals surface area contributed by atoms with Crippen molar-refractivity contribution in [2.24, 2.45) is 17.4 Å². The summed E-state index contributed by atoms with van der Waals surface area (Å²) in [7, 11) is 0. The largest absolute Gasteiger partial charge is 0.481 e. The minimum absolute atomic E-state index is 0.208. The van der Waals surface area contributed by atoms with Gasteiger partial charge in [0.25, 0.3) is 0 Å². The van der Waals surface area contributed by atoms with Gasteiger partial charge in [-0.1, -0.05) is 20.3 Å². The van der Waals surface area contributed by atoms with Gasteiger partial charge in [0, 0.05) is 12.8 Å². The van der Waals surface area contributed by atoms with Gasteiger partial charge in [-0.15, -0.1) is 0 Å². The number of amides is 4. The third-order valence-electron chi connectivity index (χ3n) is 4.95. The van der Waals surface area contributed by atoms with E-state index in [1.54, 1.807) is 6.92 Å². The molecule has 0 fully saturated rings. The fraction of sp³-hybridized carbons (Fsp3) is 0.684. The SMILES string of the molecule is CCC(C)C(N)C(=O)NC(CO)C(=O)NC(CCC(N)=O)C(=O)NC(CCC(=O)O)C(=O)O. The van der Waals surface area contributed by atoms with Crippen LogP contribution in [-0.2, 0) is 28.8 Å². The average molecular weight is 475 g/mol. The zero-order valence-corrected chi connectivity index (χ0v) is 18.6. The summed E-state index contributed by atoms with van der Waals surface area (Å²) >= 11 is 0. The predicted molar refractivity (Wildman–Crippen MR) is 113 cm³/mol. The molecule has 188 valence electrons. The molecule has 0 saturated carbocycles. The topological polar surface area (TPSA) is 251 Å². The van der Waals surface area contributed by atoms with E-state index in [1.807, 2.05) is 6.92 Å². The number of aliphatic hydroxyl groups excluding tert-OH is 1. The Morgan fingerprint density at radius 3 is 1.76 bits per heavy atom. The average Bonchev–Trinajstić information content (AvgIpc) is 2.75. The van der Waals surface area contributed by atoms with E-state index >= 15 is 0 Å². The minimum atomic E-state index is -1.57. The Bertz CT molecular complexity index is 730. The van der Waals surface area contributed by atoms with Crippen LogP contribution < -0.4 is 27.4 Å². The fourth-order valence-electron chi connectivity index (χ4n) is 2.60. The van der Waals surface area contributed by atoms with E-state index in [0.29, 0.717) is 6.42 Å². The summed E-state index contributed by atoms with van der Waals surface area (Å²) in [6.45, 7) is 2.72. The number of nitrogens with two attached hydrogens (primary N) is 2. The van der Waals surface area contributed by atoms with Gasteiger partial charge in [0.2, 0.25) is 23.6 Å². The summed E-state index contributed by atoms with van der Waals surface area (Å²) in [5, 5.41) is 34.0. The molecule has 0 bridgehead atoms. The third-order valence-corrected chi connectivity index (χ3v) is 4.95. The first kappa shape index (κ1) is 29.7. The number of carbonyl (C=O) groups is 6. The lowest BCUT2D eigenvalue weighted by Crippen LogP contribution is -2.58. The van der Waals surface area contributed by atoms with E-state index in [-0.39, 0.29) is 18.8 Å². The van der Waals surface area contributed by atoms with Crippen LogP contribution in [0.2, 0.25) is 0 Å². The van der Waals surface area contributed by atoms with Crippen LogP contribution in [-0.4, -0.2) is 81.7 Å². The van der Waals surface area contributed by atoms with Gasteiger partial charge in [-0.05, 0) is 18.8 Å². The normalized spacial score (nSPS) is 15.3. The molecule has 0 saturated heterocycles. The summed E-state index contributed by atoms with van der Waals surface area (Å²) in [4.78, 5) is 70.5. The highest BCUT2D eigenvalue weighted by molar-refractivity contribution is 5.94. The molecule has 10 N–H and O–H groups in total. The smallest absolute Gasteiger partial charge is 0.326 e. The number of carboxylic acid groups (broad SMARTS) is 2. The standard InChI is InChI=1S/C19H33N5O9/c1-3-9(2)15(21)18(31)24-12(8-25)17(30)22-10(4-6-13(20)26)16(29)23-11(19(32)33)5-7-14(27)28/h9-12,15,25H,3-8,21H2,1-2H3,(H2,20,26)(H,22,30)(H,23,29)(H,24,31)(H,27,28)(H,32,33). The van der Waals surface area contributed by atoms with Gasteiger partial charge in [0.1, 0.15) is 18.1 Å². The first-order valence-corrected chi connectivity index (χ1v) is 10.3. The number of nitrogens with one attached hydrogen (secondary N) is 3. The van der Waals surface area contributed by atoms with E-state index in [9.17, 15) is 39.0 Å². The van der Waals surface area contributed by atoms with Gasteiger partial charge >= 0.3 is 11.9 Å². The van der Waals surface area contributed by atoms with Crippen molar-refractivity contribution in [3.8, 4) is 0 Å². The molecule has 33 heavy (non-hydrogen) atoms. The van der Waals surface area contributed by atoms with E-state index in [1.165, 1.54) is 0 Å². The number of aliphatic carboxylic acids is 2. The zero-order chi connectivity index (χ0) is 25.7. The third kappa shape index (κ3) is 11.2. The Balaban J connectivity index is 5.38. The molecule has 0 spiro atoms. The van der Waals surface area contributed by atoms with Crippen LogP contribution in [0.15, 0.2) is 0 Å². The van der Waals surface area contributed by atoms with Crippen LogP contribution in [0, 0.1) is 5.92 Å². The van der Waals surface area contributed by atoms with Crippen molar-refractivity contribution in [2.75, 3.05) is 6.61 Å². The highest BCUT2D eigenvalue weighted by Gasteiger charge is 2.31. The Kier molecular flexibility index (Phi) is 13.3. The lowest BCUT2D eigenvalue weighted by molar-refractivity contribution is -0.143. The maximum Gasteiger partial charge on any atom is 0.326 e. The minimum Gasteiger partial charge on any atom is -0.481 e. The van der Waals surface area contributed by atoms with Crippen LogP contribution in [0.3, 0.4) is 0 Å². The number of rotatable bonds is 16. The van der Waals surface area contributed by atoms with E-state index in [2.05, 4.69) is 16.0 Å². The number of hydrogen-bond donors (Lipinski definition) is 8. The summed E-state index contributed by atoms with van der Waals surface area (Å²) in [5.41, 5.74) is 10.9. The lowest BCUT2D eigenvalue weighted by Gasteiger charge is -2.25. The molecule has 0 aromatic carbocycles. The highest BCUT2D eigenvalue weighted by atomic mass is 16.4. The van der Waals surface area contributed by atoms with Crippen molar-refractivity contribution < 1.29 is 44.1 Å². The molecule has 14 heteroatoms. The molecule has 0 rings (SSSR count). The maximum absolute atomic E-state index is 12.6. The summed E-state index contributed by atoms with van der Waals surface area (Å²) in [6.07, 6.45) is -1.02. The second kappa shape index (κ2) is 14.7. The molecule has 14 nitrogen and oxygen atoms in total. The summed E-state index contributed by atoms with van der Waals surface area (Å²) in [6, 6.07) is -5.44. The van der Waals surface area contributed by atoms with Crippen molar-refractivity contribution >= 4 is 35.6 Å². The number of aliphatic hydroxyl groups is 1. The second-order valence-electron chi connectivity index (χ2n) is 7.55. The first-order valence-electron chi connectivity index (χ1n) is 10.3. The number of carbonyl (C=O) groups excluding carboxylic acids is 4. The first-order chi connectivity index (χ1) is 15.3. The number of carboxylic acids is 2. The van der Waals surface area contributed by atoms with E-state index in [4.69, 9.17) is 16.6 Å². The van der Waals surface area contributed by atoms with Crippen molar-refractivity contribution in [1.29, 1.82) is 0 Å². The predicted octanol–water partition coefficient (Wildman–Crippen LogP) is -2.98. The Morgan fingerprint density at radius 1 is 0.818 bits per heavy atom. The molecule has 0 aromatic rings. The van der Waals surface area contributed by atoms with Gasteiger partial charge in [0.05, 0.1) is 12.6 Å². The molecule has 4 amide bonds. The Hall–Kier alpha value is -3.26. The number of hydrogen-bond acceptors (Lipinski definition) is 8. The van der Waals surface area contributed by atoms with Crippen molar-refractivity contribution in [3.05, 3.63) is 0 Å². The highest BCUT2D eigenvalue weighted by Crippen LogP contribution is 2.06. The molecule has 0 aliphatic carbocycles. The van der Waals surface area contributed by atoms with Gasteiger partial charge in [-0.3, -0.25) is 24.0 Å². The zero-order valence-electron chi connectivity index (χ0n) is 18.6. The molecular formula is C19H33N5O9. The van der Waals surface area contributed by atoms with E-state index < -0.39 is 79.2 Å². The Labute approximate surface area is 190 Å². The maximum atomic E-state index is 12.6. The monoisotopic (exact) mass is 475 g/mol. The van der Waals surface area contributed by atoms with E-state index in [0.717, 1.165) is 0 Å². The molecular weight excluding hydrogens is 442 g/mol. The van der Waals surface area contributed by atoms with Crippen LogP contribution in [0.5, 0.6) is 0 Å². The summed E-state index contributed by atoms with van der Waals surface area (Å²) in [5.74, 6) is -6.47. The fourth-order valence-corrected chi connectivity index (χ4v) is 2.60. The van der Waals surface area contributed by atoms with Crippen molar-refractivity contribution in [2.45, 2.75) is 70.1 Å². The molecule has 5 atom stereocenters. The van der Waals surface area contributed by atoms with Crippen LogP contribution >= 0.6 is 0 Å². The molecule has 0 aliphatic rings. The number of primary amides is 1. The molecule has 5 unspecified atom stereocenters. The lowest BCUT2D eigenvalue weighted by atomic mass is 9.99. The second-order valence-corrected chi connectivity index (χ2v) is 7.55. The molecule has 0 heterocycles. The molecule has 0 radical (unpaired) electrons. The molecule has 0 aromatic heterocycles. The van der Waals surface area contributed by atoms with Crippen LogP contribution in [0.1, 0.15) is 46.0 Å². The summed E-state index contributed by atoms with van der Waals surface area (Å²) < 4.78 is 0. The quantitative estimate of drug-likeness (QED) is 0.112. The Morgan fingerprint density at radius 2 is 1.30 bits per heavy atom. The van der Waals surface area contributed by atoms with Gasteiger partial charge in [0.15, 0.2) is 0 Å². The van der Waals surface area contributed by atoms with Crippen molar-refractivity contribution in [3.63, 3.8) is 0 Å².